The average molecular weight is 269 g/mol. The molecule has 0 spiro atoms. The Kier molecular flexibility index (Phi) is 6.35. The molecule has 0 saturated carbocycles. The maximum atomic E-state index is 11.9. The summed E-state index contributed by atoms with van der Waals surface area (Å²) in [6.45, 7) is 3.25. The summed E-state index contributed by atoms with van der Waals surface area (Å²) < 4.78 is 10.9. The summed E-state index contributed by atoms with van der Waals surface area (Å²) in [6.07, 6.45) is 5.57. The number of carbonyl (C=O) groups excluding carboxylic acids is 1. The van der Waals surface area contributed by atoms with Crippen LogP contribution in [0.3, 0.4) is 0 Å². The molecule has 1 amide bonds. The molecule has 0 aliphatic carbocycles. The molecule has 0 saturated heterocycles. The van der Waals surface area contributed by atoms with Crippen LogP contribution in [0.4, 0.5) is 5.69 Å². The van der Waals surface area contributed by atoms with Crippen LogP contribution in [0.5, 0.6) is 0 Å². The van der Waals surface area contributed by atoms with Gasteiger partial charge in [0.25, 0.3) is 5.91 Å². The zero-order chi connectivity index (χ0) is 13.4. The van der Waals surface area contributed by atoms with Crippen molar-refractivity contribution in [3.05, 3.63) is 24.0 Å². The fourth-order valence-corrected chi connectivity index (χ4v) is 2.04. The van der Waals surface area contributed by atoms with Gasteiger partial charge in [-0.15, -0.1) is 0 Å². The van der Waals surface area contributed by atoms with Crippen molar-refractivity contribution in [1.29, 1.82) is 0 Å². The number of amides is 1. The van der Waals surface area contributed by atoms with Gasteiger partial charge in [-0.1, -0.05) is 0 Å². The third-order valence-electron chi connectivity index (χ3n) is 2.33. The highest BCUT2D eigenvalue weighted by Crippen LogP contribution is 2.12. The minimum Gasteiger partial charge on any atom is -0.385 e. The summed E-state index contributed by atoms with van der Waals surface area (Å²) in [5.41, 5.74) is 1.32. The van der Waals surface area contributed by atoms with Gasteiger partial charge in [-0.3, -0.25) is 14.0 Å². The van der Waals surface area contributed by atoms with E-state index in [0.717, 1.165) is 12.2 Å². The van der Waals surface area contributed by atoms with Gasteiger partial charge in [-0.25, -0.2) is 0 Å². The van der Waals surface area contributed by atoms with Crippen molar-refractivity contribution in [1.82, 2.24) is 10.3 Å². The minimum atomic E-state index is -0.808. The third kappa shape index (κ3) is 4.83. The highest BCUT2D eigenvalue weighted by Gasteiger charge is 2.10. The van der Waals surface area contributed by atoms with Crippen molar-refractivity contribution in [2.75, 3.05) is 30.4 Å². The lowest BCUT2D eigenvalue weighted by molar-refractivity contribution is 0.0954. The molecule has 0 fully saturated rings. The van der Waals surface area contributed by atoms with E-state index < -0.39 is 10.8 Å². The van der Waals surface area contributed by atoms with Crippen molar-refractivity contribution in [3.8, 4) is 0 Å². The molecule has 1 aromatic heterocycles. The molecule has 2 N–H and O–H groups in total. The minimum absolute atomic E-state index is 0.152. The Bertz CT molecular complexity index is 424. The highest BCUT2D eigenvalue weighted by atomic mass is 32.2. The summed E-state index contributed by atoms with van der Waals surface area (Å²) in [5.74, 6) is 0.453. The Morgan fingerprint density at radius 2 is 2.28 bits per heavy atom. The van der Waals surface area contributed by atoms with Crippen LogP contribution in [-0.2, 0) is 10.8 Å². The van der Waals surface area contributed by atoms with Crippen LogP contribution < -0.4 is 10.6 Å². The normalized spacial score (nSPS) is 11.9. The van der Waals surface area contributed by atoms with E-state index in [1.807, 2.05) is 6.92 Å². The van der Waals surface area contributed by atoms with E-state index >= 15 is 0 Å². The predicted molar refractivity (Wildman–Crippen MR) is 74.3 cm³/mol. The number of pyridine rings is 1. The summed E-state index contributed by atoms with van der Waals surface area (Å²) in [7, 11) is -0.808. The average Bonchev–Trinajstić information content (AvgIpc) is 2.35. The summed E-state index contributed by atoms with van der Waals surface area (Å²) >= 11 is 0. The van der Waals surface area contributed by atoms with Gasteiger partial charge in [-0.2, -0.15) is 0 Å². The van der Waals surface area contributed by atoms with Crippen LogP contribution in [0.25, 0.3) is 0 Å². The molecule has 100 valence electrons. The number of carbonyl (C=O) groups is 1. The number of nitrogens with one attached hydrogen (secondary N) is 2. The Morgan fingerprint density at radius 3 is 2.94 bits per heavy atom. The van der Waals surface area contributed by atoms with Gasteiger partial charge in [0.2, 0.25) is 0 Å². The van der Waals surface area contributed by atoms with Crippen LogP contribution in [0.1, 0.15) is 23.7 Å². The second kappa shape index (κ2) is 7.81. The SMILES string of the molecule is CCNc1ccncc1C(=O)NCCCS(C)=O. The molecule has 0 bridgehead atoms. The van der Waals surface area contributed by atoms with E-state index in [9.17, 15) is 9.00 Å². The van der Waals surface area contributed by atoms with Crippen molar-refractivity contribution < 1.29 is 9.00 Å². The van der Waals surface area contributed by atoms with Gasteiger partial charge in [0.1, 0.15) is 0 Å². The fraction of sp³-hybridized carbons (Fsp3) is 0.500. The summed E-state index contributed by atoms with van der Waals surface area (Å²) in [5, 5.41) is 5.92. The summed E-state index contributed by atoms with van der Waals surface area (Å²) in [6, 6.07) is 1.78. The number of anilines is 1. The Balaban J connectivity index is 2.53. The van der Waals surface area contributed by atoms with Gasteiger partial charge in [-0.05, 0) is 19.4 Å². The van der Waals surface area contributed by atoms with Gasteiger partial charge < -0.3 is 10.6 Å². The topological polar surface area (TPSA) is 71.1 Å². The molecule has 1 atom stereocenters. The van der Waals surface area contributed by atoms with Crippen LogP contribution in [0.2, 0.25) is 0 Å². The van der Waals surface area contributed by atoms with Gasteiger partial charge in [0.05, 0.1) is 11.3 Å². The third-order valence-corrected chi connectivity index (χ3v) is 3.19. The molecular weight excluding hydrogens is 250 g/mol. The van der Waals surface area contributed by atoms with E-state index in [-0.39, 0.29) is 5.91 Å². The van der Waals surface area contributed by atoms with Gasteiger partial charge in [0, 0.05) is 48.3 Å². The van der Waals surface area contributed by atoms with E-state index in [1.165, 1.54) is 0 Å². The molecule has 1 rings (SSSR count). The van der Waals surface area contributed by atoms with Crippen molar-refractivity contribution in [2.24, 2.45) is 0 Å². The molecular formula is C12H19N3O2S. The first-order valence-corrected chi connectivity index (χ1v) is 7.64. The molecule has 0 aliphatic heterocycles. The van der Waals surface area contributed by atoms with Crippen LogP contribution in [0.15, 0.2) is 18.5 Å². The molecule has 18 heavy (non-hydrogen) atoms. The molecule has 1 unspecified atom stereocenters. The number of nitrogens with zero attached hydrogens (tertiary/aromatic N) is 1. The molecule has 1 heterocycles. The standard InChI is InChI=1S/C12H19N3O2S/c1-3-14-11-5-7-13-9-10(11)12(16)15-6-4-8-18(2)17/h5,7,9H,3-4,6,8H2,1-2H3,(H,13,14)(H,15,16). The molecule has 0 aliphatic rings. The molecule has 1 aromatic rings. The van der Waals surface area contributed by atoms with Crippen LogP contribution >= 0.6 is 0 Å². The number of hydrogen-bond acceptors (Lipinski definition) is 4. The van der Waals surface area contributed by atoms with Crippen molar-refractivity contribution in [2.45, 2.75) is 13.3 Å². The second-order valence-electron chi connectivity index (χ2n) is 3.84. The lowest BCUT2D eigenvalue weighted by atomic mass is 10.2. The number of rotatable bonds is 7. The molecule has 6 heteroatoms. The molecule has 0 radical (unpaired) electrons. The molecule has 5 nitrogen and oxygen atoms in total. The molecule has 0 aromatic carbocycles. The lowest BCUT2D eigenvalue weighted by Crippen LogP contribution is -2.26. The first-order valence-electron chi connectivity index (χ1n) is 5.91. The maximum absolute atomic E-state index is 11.9. The van der Waals surface area contributed by atoms with E-state index in [2.05, 4.69) is 15.6 Å². The summed E-state index contributed by atoms with van der Waals surface area (Å²) in [4.78, 5) is 15.9. The smallest absolute Gasteiger partial charge is 0.254 e. The maximum Gasteiger partial charge on any atom is 0.254 e. The Labute approximate surface area is 110 Å². The van der Waals surface area contributed by atoms with Crippen LogP contribution in [-0.4, -0.2) is 40.2 Å². The lowest BCUT2D eigenvalue weighted by Gasteiger charge is -2.10. The second-order valence-corrected chi connectivity index (χ2v) is 5.39. The fourth-order valence-electron chi connectivity index (χ4n) is 1.49. The first-order chi connectivity index (χ1) is 8.65. The van der Waals surface area contributed by atoms with E-state index in [4.69, 9.17) is 0 Å². The van der Waals surface area contributed by atoms with E-state index in [0.29, 0.717) is 24.3 Å². The Morgan fingerprint density at radius 1 is 1.50 bits per heavy atom. The predicted octanol–water partition coefficient (Wildman–Crippen LogP) is 1.01. The van der Waals surface area contributed by atoms with E-state index in [1.54, 1.807) is 24.7 Å². The van der Waals surface area contributed by atoms with Crippen molar-refractivity contribution >= 4 is 22.4 Å². The monoisotopic (exact) mass is 269 g/mol. The van der Waals surface area contributed by atoms with Gasteiger partial charge in [0.15, 0.2) is 0 Å². The quantitative estimate of drug-likeness (QED) is 0.725. The van der Waals surface area contributed by atoms with Crippen LogP contribution in [0, 0.1) is 0 Å². The van der Waals surface area contributed by atoms with Crippen molar-refractivity contribution in [3.63, 3.8) is 0 Å². The largest absolute Gasteiger partial charge is 0.385 e. The number of aromatic nitrogens is 1. The highest BCUT2D eigenvalue weighted by molar-refractivity contribution is 7.84. The Hall–Kier alpha value is -1.43. The zero-order valence-corrected chi connectivity index (χ0v) is 11.5. The number of hydrogen-bond donors (Lipinski definition) is 2. The van der Waals surface area contributed by atoms with Gasteiger partial charge >= 0.3 is 0 Å². The zero-order valence-electron chi connectivity index (χ0n) is 10.7. The first kappa shape index (κ1) is 14.6.